The summed E-state index contributed by atoms with van der Waals surface area (Å²) < 4.78 is 0. The lowest BCUT2D eigenvalue weighted by molar-refractivity contribution is 0.0950. The van der Waals surface area contributed by atoms with Crippen LogP contribution < -0.4 is 11.1 Å². The fourth-order valence-corrected chi connectivity index (χ4v) is 1.62. The van der Waals surface area contributed by atoms with Crippen LogP contribution in [0.3, 0.4) is 0 Å². The molecule has 2 rings (SSSR count). The van der Waals surface area contributed by atoms with E-state index in [-0.39, 0.29) is 29.6 Å². The molecule has 5 heteroatoms. The number of nitrogen functional groups attached to an aromatic ring is 1. The van der Waals surface area contributed by atoms with Crippen molar-refractivity contribution in [3.63, 3.8) is 0 Å². The van der Waals surface area contributed by atoms with E-state index in [9.17, 15) is 15.0 Å². The Bertz CT molecular complexity index is 611. The molecule has 0 saturated carbocycles. The molecule has 2 aromatic rings. The van der Waals surface area contributed by atoms with Crippen molar-refractivity contribution in [2.45, 2.75) is 6.54 Å². The predicted molar refractivity (Wildman–Crippen MR) is 71.8 cm³/mol. The number of phenols is 2. The Balaban J connectivity index is 2.05. The summed E-state index contributed by atoms with van der Waals surface area (Å²) >= 11 is 0. The van der Waals surface area contributed by atoms with Crippen molar-refractivity contribution >= 4 is 11.6 Å². The third-order valence-electron chi connectivity index (χ3n) is 2.72. The number of rotatable bonds is 3. The van der Waals surface area contributed by atoms with E-state index >= 15 is 0 Å². The smallest absolute Gasteiger partial charge is 0.251 e. The summed E-state index contributed by atoms with van der Waals surface area (Å²) in [7, 11) is 0. The first-order valence-corrected chi connectivity index (χ1v) is 5.71. The van der Waals surface area contributed by atoms with Gasteiger partial charge in [-0.1, -0.05) is 18.2 Å². The van der Waals surface area contributed by atoms with Crippen molar-refractivity contribution < 1.29 is 15.0 Å². The van der Waals surface area contributed by atoms with E-state index in [4.69, 9.17) is 5.73 Å². The normalized spacial score (nSPS) is 10.1. The number of benzene rings is 2. The zero-order valence-corrected chi connectivity index (χ0v) is 10.1. The van der Waals surface area contributed by atoms with Gasteiger partial charge in [0, 0.05) is 17.7 Å². The highest BCUT2D eigenvalue weighted by Crippen LogP contribution is 2.21. The van der Waals surface area contributed by atoms with Gasteiger partial charge in [0.05, 0.1) is 5.69 Å². The molecule has 1 amide bonds. The molecule has 98 valence electrons. The molecule has 0 aliphatic rings. The van der Waals surface area contributed by atoms with E-state index in [1.54, 1.807) is 24.3 Å². The number of carbonyl (C=O) groups is 1. The Hall–Kier alpha value is -2.69. The highest BCUT2D eigenvalue weighted by Gasteiger charge is 2.08. The minimum Gasteiger partial charge on any atom is -0.508 e. The van der Waals surface area contributed by atoms with Crippen LogP contribution in [-0.2, 0) is 6.54 Å². The first-order chi connectivity index (χ1) is 9.08. The molecule has 0 unspecified atom stereocenters. The molecular weight excluding hydrogens is 244 g/mol. The zero-order chi connectivity index (χ0) is 13.8. The van der Waals surface area contributed by atoms with Crippen LogP contribution in [0.4, 0.5) is 5.69 Å². The number of nitrogens with one attached hydrogen (secondary N) is 1. The van der Waals surface area contributed by atoms with E-state index in [1.807, 2.05) is 0 Å². The Morgan fingerprint density at radius 2 is 1.84 bits per heavy atom. The molecule has 0 heterocycles. The first-order valence-electron chi connectivity index (χ1n) is 5.71. The summed E-state index contributed by atoms with van der Waals surface area (Å²) in [4.78, 5) is 11.8. The zero-order valence-electron chi connectivity index (χ0n) is 10.1. The van der Waals surface area contributed by atoms with Gasteiger partial charge >= 0.3 is 0 Å². The molecule has 0 spiro atoms. The average molecular weight is 258 g/mol. The predicted octanol–water partition coefficient (Wildman–Crippen LogP) is 1.61. The van der Waals surface area contributed by atoms with Crippen LogP contribution in [0.1, 0.15) is 15.9 Å². The minimum absolute atomic E-state index is 0.128. The fraction of sp³-hybridized carbons (Fsp3) is 0.0714. The van der Waals surface area contributed by atoms with Crippen molar-refractivity contribution in [3.05, 3.63) is 53.6 Å². The molecule has 5 N–H and O–H groups in total. The number of nitrogens with two attached hydrogens (primary N) is 1. The van der Waals surface area contributed by atoms with Gasteiger partial charge in [-0.05, 0) is 24.3 Å². The maximum absolute atomic E-state index is 11.8. The van der Waals surface area contributed by atoms with Gasteiger partial charge in [0.1, 0.15) is 11.5 Å². The Morgan fingerprint density at radius 3 is 2.53 bits per heavy atom. The van der Waals surface area contributed by atoms with Gasteiger partial charge in [-0.25, -0.2) is 0 Å². The number of aromatic hydroxyl groups is 2. The van der Waals surface area contributed by atoms with E-state index in [2.05, 4.69) is 5.32 Å². The highest BCUT2D eigenvalue weighted by molar-refractivity contribution is 5.95. The molecule has 19 heavy (non-hydrogen) atoms. The van der Waals surface area contributed by atoms with E-state index in [1.165, 1.54) is 18.2 Å². The SMILES string of the molecule is Nc1ccc(C(=O)NCc2ccccc2O)cc1O. The number of anilines is 1. The lowest BCUT2D eigenvalue weighted by atomic mass is 10.1. The summed E-state index contributed by atoms with van der Waals surface area (Å²) in [5.74, 6) is -0.350. The van der Waals surface area contributed by atoms with Crippen LogP contribution in [0.5, 0.6) is 11.5 Å². The molecule has 0 bridgehead atoms. The number of phenolic OH excluding ortho intramolecular Hbond substituents is 2. The molecule has 0 radical (unpaired) electrons. The topological polar surface area (TPSA) is 95.6 Å². The highest BCUT2D eigenvalue weighted by atomic mass is 16.3. The summed E-state index contributed by atoms with van der Waals surface area (Å²) in [6, 6.07) is 11.0. The van der Waals surface area contributed by atoms with Crippen LogP contribution in [0.15, 0.2) is 42.5 Å². The van der Waals surface area contributed by atoms with Crippen LogP contribution in [0.25, 0.3) is 0 Å². The summed E-state index contributed by atoms with van der Waals surface area (Å²) in [5.41, 5.74) is 6.61. The van der Waals surface area contributed by atoms with Crippen molar-refractivity contribution in [3.8, 4) is 11.5 Å². The second kappa shape index (κ2) is 5.30. The number of amides is 1. The third-order valence-corrected chi connectivity index (χ3v) is 2.72. The number of carbonyl (C=O) groups excluding carboxylic acids is 1. The Morgan fingerprint density at radius 1 is 1.11 bits per heavy atom. The lowest BCUT2D eigenvalue weighted by Crippen LogP contribution is -2.22. The fourth-order valence-electron chi connectivity index (χ4n) is 1.62. The first kappa shape index (κ1) is 12.8. The molecule has 0 aromatic heterocycles. The third kappa shape index (κ3) is 2.95. The minimum atomic E-state index is -0.349. The van der Waals surface area contributed by atoms with Gasteiger partial charge in [0.15, 0.2) is 0 Å². The van der Waals surface area contributed by atoms with Crippen molar-refractivity contribution in [1.29, 1.82) is 0 Å². The lowest BCUT2D eigenvalue weighted by Gasteiger charge is -2.08. The molecule has 5 nitrogen and oxygen atoms in total. The van der Waals surface area contributed by atoms with Gasteiger partial charge in [-0.2, -0.15) is 0 Å². The summed E-state index contributed by atoms with van der Waals surface area (Å²) in [5, 5.41) is 21.7. The molecule has 0 saturated heterocycles. The second-order valence-corrected chi connectivity index (χ2v) is 4.08. The van der Waals surface area contributed by atoms with Crippen molar-refractivity contribution in [2.24, 2.45) is 0 Å². The molecule has 2 aromatic carbocycles. The van der Waals surface area contributed by atoms with Crippen LogP contribution >= 0.6 is 0 Å². The van der Waals surface area contributed by atoms with Crippen molar-refractivity contribution in [1.82, 2.24) is 5.32 Å². The second-order valence-electron chi connectivity index (χ2n) is 4.08. The van der Waals surface area contributed by atoms with Crippen LogP contribution in [-0.4, -0.2) is 16.1 Å². The van der Waals surface area contributed by atoms with Crippen LogP contribution in [0, 0.1) is 0 Å². The van der Waals surface area contributed by atoms with Crippen molar-refractivity contribution in [2.75, 3.05) is 5.73 Å². The quantitative estimate of drug-likeness (QED) is 0.497. The van der Waals surface area contributed by atoms with E-state index < -0.39 is 0 Å². The van der Waals surface area contributed by atoms with E-state index in [0.29, 0.717) is 11.1 Å². The van der Waals surface area contributed by atoms with E-state index in [0.717, 1.165) is 0 Å². The van der Waals surface area contributed by atoms with Crippen LogP contribution in [0.2, 0.25) is 0 Å². The van der Waals surface area contributed by atoms with Gasteiger partial charge in [0.2, 0.25) is 0 Å². The standard InChI is InChI=1S/C14H14N2O3/c15-11-6-5-9(7-13(11)18)14(19)16-8-10-3-1-2-4-12(10)17/h1-7,17-18H,8,15H2,(H,16,19). The monoisotopic (exact) mass is 258 g/mol. The number of hydrogen-bond donors (Lipinski definition) is 4. The largest absolute Gasteiger partial charge is 0.508 e. The maximum Gasteiger partial charge on any atom is 0.251 e. The Labute approximate surface area is 110 Å². The van der Waals surface area contributed by atoms with Gasteiger partial charge in [0.25, 0.3) is 5.91 Å². The summed E-state index contributed by atoms with van der Waals surface area (Å²) in [6.07, 6.45) is 0. The average Bonchev–Trinajstić information content (AvgIpc) is 2.40. The molecule has 0 atom stereocenters. The molecule has 0 aliphatic heterocycles. The van der Waals surface area contributed by atoms with Gasteiger partial charge in [-0.3, -0.25) is 4.79 Å². The molecule has 0 fully saturated rings. The molecule has 0 aliphatic carbocycles. The van der Waals surface area contributed by atoms with Gasteiger partial charge in [-0.15, -0.1) is 0 Å². The number of para-hydroxylation sites is 1. The number of hydrogen-bond acceptors (Lipinski definition) is 4. The maximum atomic E-state index is 11.8. The van der Waals surface area contributed by atoms with Gasteiger partial charge < -0.3 is 21.3 Å². The molecular formula is C14H14N2O3. The summed E-state index contributed by atoms with van der Waals surface area (Å²) in [6.45, 7) is 0.205. The Kier molecular flexibility index (Phi) is 3.56.